The summed E-state index contributed by atoms with van der Waals surface area (Å²) in [6.07, 6.45) is 0. The van der Waals surface area contributed by atoms with E-state index in [4.69, 9.17) is 9.63 Å². The zero-order chi connectivity index (χ0) is 13.2. The van der Waals surface area contributed by atoms with Crippen molar-refractivity contribution in [2.24, 2.45) is 0 Å². The zero-order valence-corrected chi connectivity index (χ0v) is 11.7. The van der Waals surface area contributed by atoms with Gasteiger partial charge in [0.05, 0.1) is 10.6 Å². The number of nitrogens with zero attached hydrogens (tertiary/aromatic N) is 1. The van der Waals surface area contributed by atoms with Crippen molar-refractivity contribution >= 4 is 29.1 Å². The van der Waals surface area contributed by atoms with Crippen molar-refractivity contribution in [1.82, 2.24) is 5.16 Å². The Labute approximate surface area is 113 Å². The van der Waals surface area contributed by atoms with Gasteiger partial charge in [0.15, 0.2) is 5.76 Å². The van der Waals surface area contributed by atoms with Gasteiger partial charge in [-0.15, -0.1) is 23.1 Å². The summed E-state index contributed by atoms with van der Waals surface area (Å²) in [6, 6.07) is 5.77. The maximum absolute atomic E-state index is 11.0. The van der Waals surface area contributed by atoms with Crippen LogP contribution in [0.15, 0.2) is 28.1 Å². The standard InChI is InChI=1S/C12H13NO3S2/c1-12(2,11(14)15)18-7-8-6-9(16-13-8)10-4-3-5-17-10/h3-6H,7H2,1-2H3,(H,14,15). The Hall–Kier alpha value is -1.27. The van der Waals surface area contributed by atoms with Crippen LogP contribution in [0.4, 0.5) is 0 Å². The van der Waals surface area contributed by atoms with Gasteiger partial charge in [0.2, 0.25) is 0 Å². The number of aliphatic carboxylic acids is 1. The number of hydrogen-bond donors (Lipinski definition) is 1. The van der Waals surface area contributed by atoms with Crippen molar-refractivity contribution in [2.45, 2.75) is 24.3 Å². The predicted octanol–water partition coefficient (Wildman–Crippen LogP) is 3.50. The molecule has 0 fully saturated rings. The average molecular weight is 283 g/mol. The van der Waals surface area contributed by atoms with E-state index in [-0.39, 0.29) is 0 Å². The molecule has 0 spiro atoms. The van der Waals surface area contributed by atoms with Crippen LogP contribution in [-0.4, -0.2) is 21.0 Å². The second-order valence-electron chi connectivity index (χ2n) is 4.26. The SMILES string of the molecule is CC(C)(SCc1cc(-c2cccs2)on1)C(=O)O. The summed E-state index contributed by atoms with van der Waals surface area (Å²) < 4.78 is 4.42. The topological polar surface area (TPSA) is 63.3 Å². The van der Waals surface area contributed by atoms with E-state index in [1.165, 1.54) is 11.8 Å². The van der Waals surface area contributed by atoms with E-state index in [0.717, 1.165) is 16.3 Å². The second kappa shape index (κ2) is 5.16. The number of thioether (sulfide) groups is 1. The van der Waals surface area contributed by atoms with E-state index < -0.39 is 10.7 Å². The largest absolute Gasteiger partial charge is 0.480 e. The summed E-state index contributed by atoms with van der Waals surface area (Å²) in [6.45, 7) is 3.36. The van der Waals surface area contributed by atoms with Gasteiger partial charge in [0.1, 0.15) is 4.75 Å². The highest BCUT2D eigenvalue weighted by Gasteiger charge is 2.28. The third-order valence-corrected chi connectivity index (χ3v) is 4.64. The van der Waals surface area contributed by atoms with Crippen molar-refractivity contribution in [3.8, 4) is 10.6 Å². The Morgan fingerprint density at radius 1 is 1.61 bits per heavy atom. The minimum Gasteiger partial charge on any atom is -0.480 e. The fraction of sp³-hybridized carbons (Fsp3) is 0.333. The predicted molar refractivity (Wildman–Crippen MR) is 72.8 cm³/mol. The molecule has 0 unspecified atom stereocenters. The van der Waals surface area contributed by atoms with Gasteiger partial charge in [-0.05, 0) is 25.3 Å². The molecular formula is C12H13NO3S2. The molecule has 2 rings (SSSR count). The molecule has 0 saturated carbocycles. The maximum atomic E-state index is 11.0. The summed E-state index contributed by atoms with van der Waals surface area (Å²) in [5, 5.41) is 14.9. The molecule has 2 aromatic rings. The van der Waals surface area contributed by atoms with Crippen molar-refractivity contribution in [3.05, 3.63) is 29.3 Å². The molecular weight excluding hydrogens is 270 g/mol. The van der Waals surface area contributed by atoms with Gasteiger partial charge in [0.25, 0.3) is 0 Å². The molecule has 0 bridgehead atoms. The number of hydrogen-bond acceptors (Lipinski definition) is 5. The van der Waals surface area contributed by atoms with Crippen molar-refractivity contribution in [1.29, 1.82) is 0 Å². The minimum atomic E-state index is -0.825. The van der Waals surface area contributed by atoms with E-state index in [9.17, 15) is 4.79 Å². The highest BCUT2D eigenvalue weighted by Crippen LogP contribution is 2.30. The summed E-state index contributed by atoms with van der Waals surface area (Å²) in [4.78, 5) is 12.0. The van der Waals surface area contributed by atoms with Crippen LogP contribution in [-0.2, 0) is 10.5 Å². The van der Waals surface area contributed by atoms with Gasteiger partial charge in [-0.1, -0.05) is 11.2 Å². The van der Waals surface area contributed by atoms with Crippen molar-refractivity contribution in [2.75, 3.05) is 0 Å². The van der Waals surface area contributed by atoms with Crippen molar-refractivity contribution in [3.63, 3.8) is 0 Å². The van der Waals surface area contributed by atoms with Gasteiger partial charge in [0, 0.05) is 11.8 Å². The Kier molecular flexibility index (Phi) is 3.77. The maximum Gasteiger partial charge on any atom is 0.319 e. The van der Waals surface area contributed by atoms with E-state index in [2.05, 4.69) is 5.16 Å². The third kappa shape index (κ3) is 2.94. The Balaban J connectivity index is 2.02. The van der Waals surface area contributed by atoms with E-state index in [1.807, 2.05) is 23.6 Å². The van der Waals surface area contributed by atoms with Gasteiger partial charge in [-0.3, -0.25) is 4.79 Å². The molecule has 4 nitrogen and oxygen atoms in total. The number of carboxylic acids is 1. The quantitative estimate of drug-likeness (QED) is 0.910. The molecule has 1 N–H and O–H groups in total. The molecule has 96 valence electrons. The summed E-state index contributed by atoms with van der Waals surface area (Å²) in [7, 11) is 0. The zero-order valence-electron chi connectivity index (χ0n) is 10.0. The van der Waals surface area contributed by atoms with Crippen LogP contribution >= 0.6 is 23.1 Å². The lowest BCUT2D eigenvalue weighted by Crippen LogP contribution is -2.27. The fourth-order valence-corrected chi connectivity index (χ4v) is 2.67. The lowest BCUT2D eigenvalue weighted by atomic mass is 10.2. The molecule has 0 aliphatic carbocycles. The van der Waals surface area contributed by atoms with E-state index >= 15 is 0 Å². The molecule has 0 aromatic carbocycles. The molecule has 0 aliphatic rings. The number of rotatable bonds is 5. The fourth-order valence-electron chi connectivity index (χ4n) is 1.23. The van der Waals surface area contributed by atoms with Gasteiger partial charge < -0.3 is 9.63 Å². The molecule has 0 saturated heterocycles. The van der Waals surface area contributed by atoms with Crippen molar-refractivity contribution < 1.29 is 14.4 Å². The van der Waals surface area contributed by atoms with E-state index in [1.54, 1.807) is 25.2 Å². The van der Waals surface area contributed by atoms with Crippen LogP contribution in [0.5, 0.6) is 0 Å². The van der Waals surface area contributed by atoms with Crippen LogP contribution in [0, 0.1) is 0 Å². The molecule has 2 heterocycles. The van der Waals surface area contributed by atoms with Crippen LogP contribution in [0.3, 0.4) is 0 Å². The first-order valence-electron chi connectivity index (χ1n) is 5.36. The van der Waals surface area contributed by atoms with Crippen LogP contribution in [0.25, 0.3) is 10.6 Å². The highest BCUT2D eigenvalue weighted by molar-refractivity contribution is 8.00. The minimum absolute atomic E-state index is 0.522. The number of aromatic nitrogens is 1. The molecule has 0 atom stereocenters. The summed E-state index contributed by atoms with van der Waals surface area (Å²) >= 11 is 2.92. The monoisotopic (exact) mass is 283 g/mol. The van der Waals surface area contributed by atoms with E-state index in [0.29, 0.717) is 5.75 Å². The van der Waals surface area contributed by atoms with Gasteiger partial charge in [-0.25, -0.2) is 0 Å². The first kappa shape index (κ1) is 13.2. The second-order valence-corrected chi connectivity index (χ2v) is 6.81. The molecule has 0 radical (unpaired) electrons. The average Bonchev–Trinajstić information content (AvgIpc) is 2.97. The Morgan fingerprint density at radius 3 is 3.00 bits per heavy atom. The third-order valence-electron chi connectivity index (χ3n) is 2.42. The first-order valence-corrected chi connectivity index (χ1v) is 7.22. The first-order chi connectivity index (χ1) is 8.49. The summed E-state index contributed by atoms with van der Waals surface area (Å²) in [5.74, 6) is 0.428. The number of carbonyl (C=O) groups is 1. The lowest BCUT2D eigenvalue weighted by molar-refractivity contribution is -0.138. The molecule has 0 amide bonds. The van der Waals surface area contributed by atoms with Crippen LogP contribution < -0.4 is 0 Å². The number of carboxylic acid groups (broad SMARTS) is 1. The lowest BCUT2D eigenvalue weighted by Gasteiger charge is -2.17. The molecule has 2 aromatic heterocycles. The van der Waals surface area contributed by atoms with Crippen LogP contribution in [0.2, 0.25) is 0 Å². The molecule has 18 heavy (non-hydrogen) atoms. The highest BCUT2D eigenvalue weighted by atomic mass is 32.2. The Bertz CT molecular complexity index is 531. The van der Waals surface area contributed by atoms with Crippen LogP contribution in [0.1, 0.15) is 19.5 Å². The summed E-state index contributed by atoms with van der Waals surface area (Å²) in [5.41, 5.74) is 0.762. The Morgan fingerprint density at radius 2 is 2.39 bits per heavy atom. The molecule has 6 heteroatoms. The van der Waals surface area contributed by atoms with Gasteiger partial charge >= 0.3 is 5.97 Å². The molecule has 0 aliphatic heterocycles. The normalized spacial score (nSPS) is 11.7. The smallest absolute Gasteiger partial charge is 0.319 e. The van der Waals surface area contributed by atoms with Gasteiger partial charge in [-0.2, -0.15) is 0 Å². The number of thiophene rings is 1.